The summed E-state index contributed by atoms with van der Waals surface area (Å²) >= 11 is 0. The van der Waals surface area contributed by atoms with E-state index in [2.05, 4.69) is 29.4 Å². The lowest BCUT2D eigenvalue weighted by molar-refractivity contribution is -0.149. The lowest BCUT2D eigenvalue weighted by atomic mass is 10.2. The summed E-state index contributed by atoms with van der Waals surface area (Å²) in [7, 11) is 0. The molecule has 1 heterocycles. The number of rotatable bonds is 8. The van der Waals surface area contributed by atoms with E-state index in [1.165, 1.54) is 0 Å². The molecule has 1 rings (SSSR count). The molecule has 1 aliphatic heterocycles. The molecule has 3 N–H and O–H groups in total. The fourth-order valence-electron chi connectivity index (χ4n) is 2.43. The predicted octanol–water partition coefficient (Wildman–Crippen LogP) is 0.648. The molecular weight excluding hydrogens is 274 g/mol. The highest BCUT2D eigenvalue weighted by Gasteiger charge is 2.30. The predicted molar refractivity (Wildman–Crippen MR) is 79.3 cm³/mol. The first kappa shape index (κ1) is 17.7. The number of likely N-dealkylation sites (N-methyl/N-ethyl adjacent to an activating group) is 1. The molecule has 1 saturated heterocycles. The molecule has 3 atom stereocenters. The van der Waals surface area contributed by atoms with Crippen LogP contribution in [0.1, 0.15) is 33.6 Å². The van der Waals surface area contributed by atoms with Gasteiger partial charge in [0.05, 0.1) is 6.10 Å². The minimum absolute atomic E-state index is 0.0566. The van der Waals surface area contributed by atoms with Gasteiger partial charge in [-0.15, -0.1) is 0 Å². The molecule has 0 saturated carbocycles. The van der Waals surface area contributed by atoms with Gasteiger partial charge in [0.25, 0.3) is 0 Å². The maximum atomic E-state index is 11.8. The number of urea groups is 1. The van der Waals surface area contributed by atoms with Crippen LogP contribution in [0.25, 0.3) is 0 Å². The van der Waals surface area contributed by atoms with Crippen LogP contribution in [0.15, 0.2) is 0 Å². The van der Waals surface area contributed by atoms with E-state index in [1.807, 2.05) is 6.92 Å². The molecule has 0 spiro atoms. The monoisotopic (exact) mass is 301 g/mol. The zero-order valence-corrected chi connectivity index (χ0v) is 13.1. The largest absolute Gasteiger partial charge is 0.479 e. The fourth-order valence-corrected chi connectivity index (χ4v) is 2.43. The van der Waals surface area contributed by atoms with Crippen molar-refractivity contribution in [3.05, 3.63) is 0 Å². The zero-order valence-electron chi connectivity index (χ0n) is 13.1. The highest BCUT2D eigenvalue weighted by molar-refractivity contribution is 5.74. The Morgan fingerprint density at radius 1 is 1.33 bits per heavy atom. The van der Waals surface area contributed by atoms with Crippen LogP contribution in [-0.2, 0) is 9.53 Å². The summed E-state index contributed by atoms with van der Waals surface area (Å²) in [6, 6.07) is -0.182. The van der Waals surface area contributed by atoms with Crippen LogP contribution in [0, 0.1) is 0 Å². The van der Waals surface area contributed by atoms with Crippen molar-refractivity contribution in [3.63, 3.8) is 0 Å². The number of ether oxygens (including phenoxy) is 1. The standard InChI is InChI=1S/C14H27N3O4/c1-4-17(5-2)9-10(3)16-14(20)15-8-11-6-7-12(21-11)13(18)19/h10-12H,4-9H2,1-3H3,(H,18,19)(H2,15,16,20). The van der Waals surface area contributed by atoms with Gasteiger partial charge in [0.2, 0.25) is 0 Å². The Kier molecular flexibility index (Phi) is 7.45. The van der Waals surface area contributed by atoms with Crippen molar-refractivity contribution in [1.29, 1.82) is 0 Å². The Balaban J connectivity index is 2.21. The summed E-state index contributed by atoms with van der Waals surface area (Å²) in [4.78, 5) is 24.8. The second kappa shape index (κ2) is 8.84. The minimum Gasteiger partial charge on any atom is -0.479 e. The van der Waals surface area contributed by atoms with E-state index in [0.29, 0.717) is 19.4 Å². The summed E-state index contributed by atoms with van der Waals surface area (Å²) in [5, 5.41) is 14.4. The molecule has 1 fully saturated rings. The Labute approximate surface area is 126 Å². The SMILES string of the molecule is CCN(CC)CC(C)NC(=O)NCC1CCC(C(=O)O)O1. The topological polar surface area (TPSA) is 90.9 Å². The van der Waals surface area contributed by atoms with Crippen molar-refractivity contribution in [2.75, 3.05) is 26.2 Å². The van der Waals surface area contributed by atoms with Gasteiger partial charge < -0.3 is 25.4 Å². The van der Waals surface area contributed by atoms with E-state index in [1.54, 1.807) is 0 Å². The van der Waals surface area contributed by atoms with E-state index in [9.17, 15) is 9.59 Å². The van der Waals surface area contributed by atoms with Gasteiger partial charge in [-0.2, -0.15) is 0 Å². The van der Waals surface area contributed by atoms with Gasteiger partial charge in [0.15, 0.2) is 6.10 Å². The first-order valence-corrected chi connectivity index (χ1v) is 7.61. The van der Waals surface area contributed by atoms with Gasteiger partial charge in [-0.1, -0.05) is 13.8 Å². The van der Waals surface area contributed by atoms with Gasteiger partial charge in [0, 0.05) is 19.1 Å². The summed E-state index contributed by atoms with van der Waals surface area (Å²) < 4.78 is 5.33. The van der Waals surface area contributed by atoms with Crippen LogP contribution in [0.3, 0.4) is 0 Å². The van der Waals surface area contributed by atoms with Crippen LogP contribution < -0.4 is 10.6 Å². The molecule has 0 aromatic rings. The van der Waals surface area contributed by atoms with Crippen molar-refractivity contribution in [2.45, 2.75) is 51.9 Å². The molecule has 0 aliphatic carbocycles. The van der Waals surface area contributed by atoms with Crippen molar-refractivity contribution < 1.29 is 19.4 Å². The van der Waals surface area contributed by atoms with E-state index >= 15 is 0 Å². The summed E-state index contributed by atoms with van der Waals surface area (Å²) in [6.45, 7) is 9.20. The fraction of sp³-hybridized carbons (Fsp3) is 0.857. The number of nitrogens with zero attached hydrogens (tertiary/aromatic N) is 1. The van der Waals surface area contributed by atoms with Gasteiger partial charge in [-0.05, 0) is 32.9 Å². The number of carbonyl (C=O) groups excluding carboxylic acids is 1. The first-order chi connectivity index (χ1) is 9.96. The van der Waals surface area contributed by atoms with Crippen LogP contribution >= 0.6 is 0 Å². The number of carbonyl (C=O) groups is 2. The van der Waals surface area contributed by atoms with E-state index in [-0.39, 0.29) is 18.2 Å². The third kappa shape index (κ3) is 6.31. The molecule has 7 nitrogen and oxygen atoms in total. The van der Waals surface area contributed by atoms with Crippen LogP contribution in [-0.4, -0.2) is 66.4 Å². The second-order valence-corrected chi connectivity index (χ2v) is 5.40. The molecule has 1 aliphatic rings. The Morgan fingerprint density at radius 3 is 2.52 bits per heavy atom. The lowest BCUT2D eigenvalue weighted by Crippen LogP contribution is -2.47. The highest BCUT2D eigenvalue weighted by atomic mass is 16.5. The minimum atomic E-state index is -0.935. The number of hydrogen-bond acceptors (Lipinski definition) is 4. The molecule has 0 aromatic heterocycles. The molecular formula is C14H27N3O4. The van der Waals surface area contributed by atoms with Crippen LogP contribution in [0.4, 0.5) is 4.79 Å². The molecule has 0 bridgehead atoms. The molecule has 21 heavy (non-hydrogen) atoms. The number of hydrogen-bond donors (Lipinski definition) is 3. The molecule has 7 heteroatoms. The maximum Gasteiger partial charge on any atom is 0.332 e. The lowest BCUT2D eigenvalue weighted by Gasteiger charge is -2.23. The Morgan fingerprint density at radius 2 is 2.00 bits per heavy atom. The third-order valence-corrected chi connectivity index (χ3v) is 3.68. The molecule has 3 unspecified atom stereocenters. The molecule has 2 amide bonds. The molecule has 0 aromatic carbocycles. The highest BCUT2D eigenvalue weighted by Crippen LogP contribution is 2.19. The Bertz CT molecular complexity index is 347. The van der Waals surface area contributed by atoms with Crippen molar-refractivity contribution in [2.24, 2.45) is 0 Å². The summed E-state index contributed by atoms with van der Waals surface area (Å²) in [5.74, 6) is -0.935. The van der Waals surface area contributed by atoms with E-state index < -0.39 is 12.1 Å². The van der Waals surface area contributed by atoms with Gasteiger partial charge >= 0.3 is 12.0 Å². The van der Waals surface area contributed by atoms with Crippen molar-refractivity contribution in [3.8, 4) is 0 Å². The third-order valence-electron chi connectivity index (χ3n) is 3.68. The van der Waals surface area contributed by atoms with Gasteiger partial charge in [-0.25, -0.2) is 9.59 Å². The van der Waals surface area contributed by atoms with Crippen LogP contribution in [0.2, 0.25) is 0 Å². The number of nitrogens with one attached hydrogen (secondary N) is 2. The van der Waals surface area contributed by atoms with Crippen LogP contribution in [0.5, 0.6) is 0 Å². The summed E-state index contributed by atoms with van der Waals surface area (Å²) in [6.07, 6.45) is 0.213. The number of carboxylic acid groups (broad SMARTS) is 1. The van der Waals surface area contributed by atoms with E-state index in [4.69, 9.17) is 9.84 Å². The van der Waals surface area contributed by atoms with Crippen molar-refractivity contribution in [1.82, 2.24) is 15.5 Å². The van der Waals surface area contributed by atoms with Crippen molar-refractivity contribution >= 4 is 12.0 Å². The normalized spacial score (nSPS) is 23.0. The van der Waals surface area contributed by atoms with E-state index in [0.717, 1.165) is 19.6 Å². The molecule has 0 radical (unpaired) electrons. The van der Waals surface area contributed by atoms with Gasteiger partial charge in [-0.3, -0.25) is 0 Å². The first-order valence-electron chi connectivity index (χ1n) is 7.61. The smallest absolute Gasteiger partial charge is 0.332 e. The molecule has 122 valence electrons. The average molecular weight is 301 g/mol. The van der Waals surface area contributed by atoms with Gasteiger partial charge in [0.1, 0.15) is 0 Å². The summed E-state index contributed by atoms with van der Waals surface area (Å²) in [5.41, 5.74) is 0. The Hall–Kier alpha value is -1.34. The number of aliphatic carboxylic acids is 1. The number of carboxylic acids is 1. The number of amides is 2. The maximum absolute atomic E-state index is 11.8. The second-order valence-electron chi connectivity index (χ2n) is 5.40. The average Bonchev–Trinajstić information content (AvgIpc) is 2.91. The quantitative estimate of drug-likeness (QED) is 0.612. The zero-order chi connectivity index (χ0) is 15.8.